The number of nitrogens with zero attached hydrogens (tertiary/aromatic N) is 6. The molecule has 0 fully saturated rings. The van der Waals surface area contributed by atoms with Gasteiger partial charge in [-0.3, -0.25) is 23.6 Å². The van der Waals surface area contributed by atoms with E-state index in [9.17, 15) is 9.59 Å². The summed E-state index contributed by atoms with van der Waals surface area (Å²) in [5.41, 5.74) is 3.43. The number of aromatic nitrogens is 5. The monoisotopic (exact) mass is 456 g/mol. The summed E-state index contributed by atoms with van der Waals surface area (Å²) < 4.78 is 5.72. The van der Waals surface area contributed by atoms with Crippen LogP contribution in [0.2, 0.25) is 0 Å². The predicted molar refractivity (Wildman–Crippen MR) is 115 cm³/mol. The zero-order valence-corrected chi connectivity index (χ0v) is 18.3. The van der Waals surface area contributed by atoms with Gasteiger partial charge in [-0.05, 0) is 32.0 Å². The summed E-state index contributed by atoms with van der Waals surface area (Å²) in [5.74, 6) is -0.0367. The van der Waals surface area contributed by atoms with Gasteiger partial charge in [0, 0.05) is 30.5 Å². The fraction of sp³-hybridized carbons (Fsp3) is 0.300. The summed E-state index contributed by atoms with van der Waals surface area (Å²) in [4.78, 5) is 31.5. The number of pyridine rings is 1. The van der Waals surface area contributed by atoms with E-state index in [4.69, 9.17) is 0 Å². The van der Waals surface area contributed by atoms with Crippen molar-refractivity contribution < 1.29 is 4.79 Å². The van der Waals surface area contributed by atoms with Gasteiger partial charge < -0.3 is 4.90 Å². The van der Waals surface area contributed by atoms with Crippen molar-refractivity contribution in [1.82, 2.24) is 28.8 Å². The first-order valence-corrected chi connectivity index (χ1v) is 10.0. The van der Waals surface area contributed by atoms with Crippen molar-refractivity contribution in [2.45, 2.75) is 20.4 Å². The van der Waals surface area contributed by atoms with Gasteiger partial charge in [-0.2, -0.15) is 5.10 Å². The Balaban J connectivity index is 1.95. The molecule has 0 aliphatic carbocycles. The highest BCUT2D eigenvalue weighted by molar-refractivity contribution is 9.10. The Morgan fingerprint density at radius 1 is 1.31 bits per heavy atom. The molecule has 150 valence electrons. The molecule has 3 aromatic heterocycles. The molecule has 29 heavy (non-hydrogen) atoms. The first-order valence-electron chi connectivity index (χ1n) is 9.26. The van der Waals surface area contributed by atoms with Crippen molar-refractivity contribution in [2.75, 3.05) is 13.6 Å². The lowest BCUT2D eigenvalue weighted by atomic mass is 10.2. The van der Waals surface area contributed by atoms with Gasteiger partial charge in [-0.25, -0.2) is 4.79 Å². The molecule has 0 radical (unpaired) electrons. The number of rotatable bonds is 4. The van der Waals surface area contributed by atoms with Gasteiger partial charge in [0.2, 0.25) is 5.91 Å². The number of hydrogen-bond acceptors (Lipinski definition) is 4. The van der Waals surface area contributed by atoms with Gasteiger partial charge in [0.05, 0.1) is 40.3 Å². The molecule has 9 heteroatoms. The molecule has 0 saturated heterocycles. The summed E-state index contributed by atoms with van der Waals surface area (Å²) in [5, 5.41) is 5.34. The number of carbonyl (C=O) groups excluding carboxylic acids is 1. The number of hydrogen-bond donors (Lipinski definition) is 0. The highest BCUT2D eigenvalue weighted by Crippen LogP contribution is 2.28. The minimum atomic E-state index is -0.186. The summed E-state index contributed by atoms with van der Waals surface area (Å²) in [6.07, 6.45) is 3.46. The average Bonchev–Trinajstić information content (AvgIpc) is 3.18. The number of benzene rings is 1. The molecule has 0 aliphatic rings. The second-order valence-electron chi connectivity index (χ2n) is 7.04. The van der Waals surface area contributed by atoms with Gasteiger partial charge in [0.25, 0.3) is 0 Å². The maximum atomic E-state index is 13.1. The fourth-order valence-electron chi connectivity index (χ4n) is 3.44. The zero-order valence-electron chi connectivity index (χ0n) is 16.7. The second-order valence-corrected chi connectivity index (χ2v) is 7.95. The highest BCUT2D eigenvalue weighted by Gasteiger charge is 2.20. The molecule has 8 nitrogen and oxygen atoms in total. The standard InChI is InChI=1S/C20H21BrN6O2/c1-5-24(3)18(28)11-26-10-17(12(2)23-26)27-19-14-8-13(21)6-7-15(14)22-9-16(19)25(4)20(27)29/h6-10H,5,11H2,1-4H3. The van der Waals surface area contributed by atoms with Crippen LogP contribution in [0.1, 0.15) is 12.6 Å². The first kappa shape index (κ1) is 19.4. The van der Waals surface area contributed by atoms with E-state index in [2.05, 4.69) is 26.0 Å². The maximum Gasteiger partial charge on any atom is 0.333 e. The SMILES string of the molecule is CCN(C)C(=O)Cn1cc(-n2c(=O)n(C)c3cnc4ccc(Br)cc4c32)c(C)n1. The molecule has 1 aromatic carbocycles. The van der Waals surface area contributed by atoms with Crippen molar-refractivity contribution in [2.24, 2.45) is 7.05 Å². The zero-order chi connectivity index (χ0) is 20.9. The Labute approximate surface area is 175 Å². The van der Waals surface area contributed by atoms with Crippen LogP contribution in [0.4, 0.5) is 0 Å². The minimum absolute atomic E-state index is 0.0367. The van der Waals surface area contributed by atoms with Gasteiger partial charge in [-0.1, -0.05) is 15.9 Å². The van der Waals surface area contributed by atoms with Crippen molar-refractivity contribution in [1.29, 1.82) is 0 Å². The third-order valence-electron chi connectivity index (χ3n) is 5.20. The molecular weight excluding hydrogens is 436 g/mol. The molecule has 4 aromatic rings. The second kappa shape index (κ2) is 7.14. The summed E-state index contributed by atoms with van der Waals surface area (Å²) >= 11 is 3.51. The fourth-order valence-corrected chi connectivity index (χ4v) is 3.80. The third kappa shape index (κ3) is 3.15. The number of likely N-dealkylation sites (N-methyl/N-ethyl adjacent to an activating group) is 1. The Kier molecular flexibility index (Phi) is 4.77. The van der Waals surface area contributed by atoms with Crippen LogP contribution in [0, 0.1) is 6.92 Å². The predicted octanol–water partition coefficient (Wildman–Crippen LogP) is 2.62. The van der Waals surface area contributed by atoms with Gasteiger partial charge >= 0.3 is 5.69 Å². The largest absolute Gasteiger partial charge is 0.344 e. The van der Waals surface area contributed by atoms with E-state index < -0.39 is 0 Å². The smallest absolute Gasteiger partial charge is 0.333 e. The Hall–Kier alpha value is -2.94. The summed E-state index contributed by atoms with van der Waals surface area (Å²) in [7, 11) is 3.48. The lowest BCUT2D eigenvalue weighted by Gasteiger charge is -2.13. The Morgan fingerprint density at radius 3 is 2.79 bits per heavy atom. The number of carbonyl (C=O) groups is 1. The lowest BCUT2D eigenvalue weighted by molar-refractivity contribution is -0.130. The van der Waals surface area contributed by atoms with Gasteiger partial charge in [-0.15, -0.1) is 0 Å². The van der Waals surface area contributed by atoms with Crippen molar-refractivity contribution in [3.63, 3.8) is 0 Å². The molecule has 0 bridgehead atoms. The molecule has 1 amide bonds. The van der Waals surface area contributed by atoms with E-state index in [0.717, 1.165) is 26.4 Å². The van der Waals surface area contributed by atoms with Crippen molar-refractivity contribution in [3.8, 4) is 5.69 Å². The molecule has 0 atom stereocenters. The van der Waals surface area contributed by atoms with Crippen LogP contribution in [0.5, 0.6) is 0 Å². The molecule has 0 spiro atoms. The molecule has 0 unspecified atom stereocenters. The van der Waals surface area contributed by atoms with E-state index in [0.29, 0.717) is 17.9 Å². The third-order valence-corrected chi connectivity index (χ3v) is 5.70. The minimum Gasteiger partial charge on any atom is -0.344 e. The lowest BCUT2D eigenvalue weighted by Crippen LogP contribution is -2.30. The average molecular weight is 457 g/mol. The Morgan fingerprint density at radius 2 is 2.07 bits per heavy atom. The first-order chi connectivity index (χ1) is 13.8. The van der Waals surface area contributed by atoms with Crippen LogP contribution >= 0.6 is 15.9 Å². The molecule has 0 N–H and O–H groups in total. The van der Waals surface area contributed by atoms with E-state index >= 15 is 0 Å². The molecule has 0 saturated carbocycles. The number of fused-ring (bicyclic) bond motifs is 3. The molecule has 3 heterocycles. The van der Waals surface area contributed by atoms with Crippen LogP contribution in [0.25, 0.3) is 27.6 Å². The molecule has 4 rings (SSSR count). The van der Waals surface area contributed by atoms with Crippen LogP contribution in [-0.4, -0.2) is 48.3 Å². The van der Waals surface area contributed by atoms with Crippen LogP contribution < -0.4 is 5.69 Å². The number of aryl methyl sites for hydroxylation is 2. The normalized spacial score (nSPS) is 11.5. The number of imidazole rings is 1. The number of halogens is 1. The van der Waals surface area contributed by atoms with Crippen LogP contribution in [0.3, 0.4) is 0 Å². The number of amides is 1. The quantitative estimate of drug-likeness (QED) is 0.472. The topological polar surface area (TPSA) is 78.0 Å². The maximum absolute atomic E-state index is 13.1. The van der Waals surface area contributed by atoms with E-state index in [1.54, 1.807) is 45.2 Å². The van der Waals surface area contributed by atoms with E-state index in [1.165, 1.54) is 0 Å². The van der Waals surface area contributed by atoms with Gasteiger partial charge in [0.15, 0.2) is 0 Å². The summed E-state index contributed by atoms with van der Waals surface area (Å²) in [6.45, 7) is 4.51. The Bertz CT molecular complexity index is 1320. The highest BCUT2D eigenvalue weighted by atomic mass is 79.9. The molecular formula is C20H21BrN6O2. The van der Waals surface area contributed by atoms with E-state index in [1.807, 2.05) is 32.0 Å². The van der Waals surface area contributed by atoms with Crippen LogP contribution in [-0.2, 0) is 18.4 Å². The summed E-state index contributed by atoms with van der Waals surface area (Å²) in [6, 6.07) is 5.79. The van der Waals surface area contributed by atoms with Crippen molar-refractivity contribution in [3.05, 3.63) is 51.2 Å². The molecule has 0 aliphatic heterocycles. The van der Waals surface area contributed by atoms with Gasteiger partial charge in [0.1, 0.15) is 6.54 Å². The van der Waals surface area contributed by atoms with Crippen LogP contribution in [0.15, 0.2) is 39.9 Å². The van der Waals surface area contributed by atoms with Crippen molar-refractivity contribution >= 4 is 43.8 Å². The van der Waals surface area contributed by atoms with E-state index in [-0.39, 0.29) is 18.1 Å².